The molecule has 1 atom stereocenters. The number of carbonyl (C=O) groups is 1. The van der Waals surface area contributed by atoms with Crippen molar-refractivity contribution < 1.29 is 13.2 Å². The lowest BCUT2D eigenvalue weighted by Gasteiger charge is -2.26. The van der Waals surface area contributed by atoms with Crippen molar-refractivity contribution in [1.82, 2.24) is 0 Å². The van der Waals surface area contributed by atoms with Gasteiger partial charge in [-0.1, -0.05) is 19.1 Å². The molecule has 0 fully saturated rings. The molecule has 0 aliphatic carbocycles. The summed E-state index contributed by atoms with van der Waals surface area (Å²) in [6.45, 7) is 4.63. The van der Waals surface area contributed by atoms with Crippen LogP contribution in [0.4, 0.5) is 11.4 Å². The van der Waals surface area contributed by atoms with Crippen LogP contribution < -0.4 is 9.62 Å². The normalized spacial score (nSPS) is 18.8. The van der Waals surface area contributed by atoms with Crippen molar-refractivity contribution in [3.05, 3.63) is 53.1 Å². The first-order chi connectivity index (χ1) is 12.4. The van der Waals surface area contributed by atoms with E-state index >= 15 is 0 Å². The maximum atomic E-state index is 12.9. The van der Waals surface area contributed by atoms with Crippen LogP contribution in [0.5, 0.6) is 0 Å². The van der Waals surface area contributed by atoms with Gasteiger partial charge in [-0.2, -0.15) is 0 Å². The van der Waals surface area contributed by atoms with Gasteiger partial charge >= 0.3 is 0 Å². The molecule has 136 valence electrons. The fourth-order valence-electron chi connectivity index (χ4n) is 3.84. The summed E-state index contributed by atoms with van der Waals surface area (Å²) in [7, 11) is -3.70. The smallest absolute Gasteiger partial charge is 0.261 e. The molecule has 0 spiro atoms. The van der Waals surface area contributed by atoms with Gasteiger partial charge in [0.15, 0.2) is 0 Å². The average Bonchev–Trinajstić information content (AvgIpc) is 2.89. The van der Waals surface area contributed by atoms with Crippen LogP contribution in [0.15, 0.2) is 41.3 Å². The van der Waals surface area contributed by atoms with Gasteiger partial charge in [-0.05, 0) is 67.1 Å². The molecule has 5 nitrogen and oxygen atoms in total. The van der Waals surface area contributed by atoms with Gasteiger partial charge in [0.25, 0.3) is 10.0 Å². The van der Waals surface area contributed by atoms with Gasteiger partial charge in [-0.15, -0.1) is 0 Å². The Morgan fingerprint density at radius 2 is 1.92 bits per heavy atom. The highest BCUT2D eigenvalue weighted by molar-refractivity contribution is 7.92. The lowest BCUT2D eigenvalue weighted by molar-refractivity contribution is -0.119. The Hall–Kier alpha value is -2.34. The maximum absolute atomic E-state index is 12.9. The standard InChI is InChI=1S/C20H22N2O3S/c1-3-14-6-8-16(9-7-14)21-26(24,25)17-11-15-5-4-10-22-19(15)18(12-17)13(2)20(22)23/h6-9,11-13,21H,3-5,10H2,1-2H3/t13-/m1/s1. The predicted molar refractivity (Wildman–Crippen MR) is 102 cm³/mol. The van der Waals surface area contributed by atoms with Crippen LogP contribution in [0.3, 0.4) is 0 Å². The molecule has 0 unspecified atom stereocenters. The van der Waals surface area contributed by atoms with E-state index in [1.165, 1.54) is 0 Å². The average molecular weight is 370 g/mol. The second-order valence-corrected chi connectivity index (χ2v) is 8.67. The second kappa shape index (κ2) is 6.13. The number of anilines is 2. The monoisotopic (exact) mass is 370 g/mol. The second-order valence-electron chi connectivity index (χ2n) is 6.99. The molecule has 1 N–H and O–H groups in total. The first-order valence-electron chi connectivity index (χ1n) is 9.00. The summed E-state index contributed by atoms with van der Waals surface area (Å²) in [5, 5.41) is 0. The molecule has 2 aliphatic rings. The molecule has 2 aromatic carbocycles. The summed E-state index contributed by atoms with van der Waals surface area (Å²) in [5.41, 5.74) is 4.41. The number of hydrogen-bond donors (Lipinski definition) is 1. The fraction of sp³-hybridized carbons (Fsp3) is 0.350. The highest BCUT2D eigenvalue weighted by Gasteiger charge is 2.38. The van der Waals surface area contributed by atoms with E-state index in [0.29, 0.717) is 5.69 Å². The Morgan fingerprint density at radius 3 is 2.62 bits per heavy atom. The molecule has 0 aromatic heterocycles. The van der Waals surface area contributed by atoms with Crippen LogP contribution >= 0.6 is 0 Å². The van der Waals surface area contributed by atoms with E-state index in [2.05, 4.69) is 11.6 Å². The largest absolute Gasteiger partial charge is 0.311 e. The van der Waals surface area contributed by atoms with Gasteiger partial charge in [0.05, 0.1) is 16.5 Å². The molecule has 0 radical (unpaired) electrons. The number of benzene rings is 2. The number of hydrogen-bond acceptors (Lipinski definition) is 3. The van der Waals surface area contributed by atoms with Gasteiger partial charge in [-0.25, -0.2) is 8.42 Å². The highest BCUT2D eigenvalue weighted by atomic mass is 32.2. The van der Waals surface area contributed by atoms with Crippen molar-refractivity contribution >= 4 is 27.3 Å². The summed E-state index contributed by atoms with van der Waals surface area (Å²) in [4.78, 5) is 14.5. The first kappa shape index (κ1) is 17.1. The van der Waals surface area contributed by atoms with E-state index in [-0.39, 0.29) is 16.7 Å². The summed E-state index contributed by atoms with van der Waals surface area (Å²) < 4.78 is 28.5. The molecule has 2 aromatic rings. The molecule has 2 aliphatic heterocycles. The minimum atomic E-state index is -3.70. The zero-order valence-electron chi connectivity index (χ0n) is 15.0. The lowest BCUT2D eigenvalue weighted by atomic mass is 9.97. The van der Waals surface area contributed by atoms with Gasteiger partial charge in [-0.3, -0.25) is 9.52 Å². The van der Waals surface area contributed by atoms with E-state index in [1.54, 1.807) is 24.3 Å². The first-order valence-corrected chi connectivity index (χ1v) is 10.5. The summed E-state index contributed by atoms with van der Waals surface area (Å²) in [6, 6.07) is 10.8. The van der Waals surface area contributed by atoms with E-state index < -0.39 is 10.0 Å². The zero-order chi connectivity index (χ0) is 18.5. The number of nitrogens with one attached hydrogen (secondary N) is 1. The molecule has 0 bridgehead atoms. The minimum Gasteiger partial charge on any atom is -0.311 e. The molecule has 4 rings (SSSR count). The van der Waals surface area contributed by atoms with E-state index in [4.69, 9.17) is 0 Å². The number of aryl methyl sites for hydroxylation is 2. The Morgan fingerprint density at radius 1 is 1.19 bits per heavy atom. The Bertz CT molecular complexity index is 981. The van der Waals surface area contributed by atoms with Gasteiger partial charge in [0.1, 0.15) is 0 Å². The summed E-state index contributed by atoms with van der Waals surface area (Å²) in [6.07, 6.45) is 2.57. The quantitative estimate of drug-likeness (QED) is 0.896. The van der Waals surface area contributed by atoms with Crippen molar-refractivity contribution in [1.29, 1.82) is 0 Å². The molecule has 26 heavy (non-hydrogen) atoms. The van der Waals surface area contributed by atoms with Crippen molar-refractivity contribution in [2.45, 2.75) is 43.9 Å². The van der Waals surface area contributed by atoms with Gasteiger partial charge in [0, 0.05) is 12.2 Å². The van der Waals surface area contributed by atoms with Crippen LogP contribution in [-0.4, -0.2) is 20.9 Å². The zero-order valence-corrected chi connectivity index (χ0v) is 15.8. The number of carbonyl (C=O) groups excluding carboxylic acids is 1. The van der Waals surface area contributed by atoms with Crippen molar-refractivity contribution in [3.8, 4) is 0 Å². The van der Waals surface area contributed by atoms with Crippen molar-refractivity contribution in [3.63, 3.8) is 0 Å². The Balaban J connectivity index is 1.72. The van der Waals surface area contributed by atoms with Crippen LogP contribution in [0, 0.1) is 0 Å². The maximum Gasteiger partial charge on any atom is 0.261 e. The minimum absolute atomic E-state index is 0.0682. The molecule has 1 amide bonds. The highest BCUT2D eigenvalue weighted by Crippen LogP contribution is 2.44. The molecule has 6 heteroatoms. The van der Waals surface area contributed by atoms with Gasteiger partial charge < -0.3 is 4.90 Å². The predicted octanol–water partition coefficient (Wildman–Crippen LogP) is 3.45. The van der Waals surface area contributed by atoms with Crippen LogP contribution in [0.2, 0.25) is 0 Å². The Labute approximate surface area is 154 Å². The third kappa shape index (κ3) is 2.69. The Kier molecular flexibility index (Phi) is 4.03. The fourth-order valence-corrected chi connectivity index (χ4v) is 4.99. The number of rotatable bonds is 4. The topological polar surface area (TPSA) is 66.5 Å². The summed E-state index contributed by atoms with van der Waals surface area (Å²) >= 11 is 0. The van der Waals surface area contributed by atoms with Crippen molar-refractivity contribution in [2.24, 2.45) is 0 Å². The molecule has 2 heterocycles. The molecule has 0 saturated heterocycles. The van der Waals surface area contributed by atoms with Crippen LogP contribution in [0.1, 0.15) is 42.9 Å². The van der Waals surface area contributed by atoms with Crippen LogP contribution in [0.25, 0.3) is 0 Å². The van der Waals surface area contributed by atoms with E-state index in [0.717, 1.165) is 48.2 Å². The molecular formula is C20H22N2O3S. The number of nitrogens with zero attached hydrogens (tertiary/aromatic N) is 1. The SMILES string of the molecule is CCc1ccc(NS(=O)(=O)c2cc3c4c(c2)[C@@H](C)C(=O)N4CCC3)cc1. The van der Waals surface area contributed by atoms with Gasteiger partial charge in [0.2, 0.25) is 5.91 Å². The third-order valence-corrected chi connectivity index (χ3v) is 6.68. The molecule has 0 saturated carbocycles. The molecular weight excluding hydrogens is 348 g/mol. The van der Waals surface area contributed by atoms with Crippen molar-refractivity contribution in [2.75, 3.05) is 16.2 Å². The lowest BCUT2D eigenvalue weighted by Crippen LogP contribution is -2.32. The number of amides is 1. The van der Waals surface area contributed by atoms with E-state index in [1.807, 2.05) is 24.0 Å². The number of sulfonamides is 1. The van der Waals surface area contributed by atoms with E-state index in [9.17, 15) is 13.2 Å². The summed E-state index contributed by atoms with van der Waals surface area (Å²) in [5.74, 6) is -0.223. The third-order valence-electron chi connectivity index (χ3n) is 5.32. The van der Waals surface area contributed by atoms with Crippen LogP contribution in [-0.2, 0) is 27.7 Å².